The molecule has 1 aromatic carbocycles. The van der Waals surface area contributed by atoms with E-state index in [0.29, 0.717) is 11.4 Å². The van der Waals surface area contributed by atoms with Crippen molar-refractivity contribution in [1.29, 1.82) is 0 Å². The number of nitrogens with one attached hydrogen (secondary N) is 1. The summed E-state index contributed by atoms with van der Waals surface area (Å²) >= 11 is 1.90. The third-order valence-electron chi connectivity index (χ3n) is 3.57. The summed E-state index contributed by atoms with van der Waals surface area (Å²) in [5.74, 6) is 2.59. The second-order valence-corrected chi connectivity index (χ2v) is 6.14. The normalized spacial score (nSPS) is 18.9. The van der Waals surface area contributed by atoms with E-state index in [2.05, 4.69) is 10.3 Å². The highest BCUT2D eigenvalue weighted by molar-refractivity contribution is 7.99. The second-order valence-electron chi connectivity index (χ2n) is 4.99. The first-order valence-electron chi connectivity index (χ1n) is 6.77. The lowest BCUT2D eigenvalue weighted by atomic mass is 10.1. The molecule has 1 atom stereocenters. The molecule has 20 heavy (non-hydrogen) atoms. The van der Waals surface area contributed by atoms with Gasteiger partial charge in [0.15, 0.2) is 0 Å². The first kappa shape index (κ1) is 13.2. The number of aromatic nitrogens is 1. The van der Waals surface area contributed by atoms with Crippen molar-refractivity contribution in [3.63, 3.8) is 0 Å². The van der Waals surface area contributed by atoms with Crippen LogP contribution in [0.25, 0.3) is 10.8 Å². The number of nitrogen functional groups attached to an aromatic ring is 1. The summed E-state index contributed by atoms with van der Waals surface area (Å²) in [7, 11) is 0. The molecule has 1 fully saturated rings. The number of nitrogens with zero attached hydrogens (tertiary/aromatic N) is 1. The highest BCUT2D eigenvalue weighted by Crippen LogP contribution is 2.23. The topological polar surface area (TPSA) is 68.0 Å². The quantitative estimate of drug-likeness (QED) is 0.890. The van der Waals surface area contributed by atoms with E-state index in [-0.39, 0.29) is 11.9 Å². The molecule has 2 aromatic rings. The molecular weight excluding hydrogens is 270 g/mol. The number of nitrogens with two attached hydrogens (primary N) is 1. The van der Waals surface area contributed by atoms with Crippen LogP contribution in [0.5, 0.6) is 0 Å². The molecule has 0 spiro atoms. The van der Waals surface area contributed by atoms with Crippen molar-refractivity contribution in [2.24, 2.45) is 0 Å². The Kier molecular flexibility index (Phi) is 3.78. The first-order chi connectivity index (χ1) is 9.75. The predicted molar refractivity (Wildman–Crippen MR) is 84.0 cm³/mol. The van der Waals surface area contributed by atoms with Crippen molar-refractivity contribution < 1.29 is 4.79 Å². The van der Waals surface area contributed by atoms with Crippen LogP contribution < -0.4 is 11.1 Å². The maximum atomic E-state index is 12.4. The van der Waals surface area contributed by atoms with Crippen LogP contribution in [0.2, 0.25) is 0 Å². The molecular formula is C15H17N3OS. The van der Waals surface area contributed by atoms with Gasteiger partial charge >= 0.3 is 0 Å². The average molecular weight is 287 g/mol. The summed E-state index contributed by atoms with van der Waals surface area (Å²) in [6.07, 6.45) is 3.79. The molecule has 1 aliphatic rings. The molecule has 0 saturated carbocycles. The van der Waals surface area contributed by atoms with E-state index in [4.69, 9.17) is 5.73 Å². The molecule has 1 saturated heterocycles. The Labute approximate surface area is 122 Å². The van der Waals surface area contributed by atoms with E-state index in [0.717, 1.165) is 29.4 Å². The Hall–Kier alpha value is -1.75. The zero-order valence-corrected chi connectivity index (χ0v) is 12.0. The number of fused-ring (bicyclic) bond motifs is 1. The molecule has 1 aliphatic heterocycles. The van der Waals surface area contributed by atoms with Gasteiger partial charge in [-0.1, -0.05) is 24.3 Å². The van der Waals surface area contributed by atoms with Crippen LogP contribution >= 0.6 is 11.8 Å². The molecule has 0 bridgehead atoms. The van der Waals surface area contributed by atoms with Crippen LogP contribution in [0.1, 0.15) is 23.2 Å². The summed E-state index contributed by atoms with van der Waals surface area (Å²) in [5.41, 5.74) is 6.47. The summed E-state index contributed by atoms with van der Waals surface area (Å²) in [6, 6.07) is 7.88. The van der Waals surface area contributed by atoms with Gasteiger partial charge in [0.1, 0.15) is 5.82 Å². The number of thioether (sulfide) groups is 1. The summed E-state index contributed by atoms with van der Waals surface area (Å²) in [6.45, 7) is 0. The average Bonchev–Trinajstić information content (AvgIpc) is 2.49. The Morgan fingerprint density at radius 3 is 2.90 bits per heavy atom. The van der Waals surface area contributed by atoms with Crippen molar-refractivity contribution in [3.05, 3.63) is 36.0 Å². The maximum Gasteiger partial charge on any atom is 0.253 e. The largest absolute Gasteiger partial charge is 0.383 e. The molecule has 3 rings (SSSR count). The van der Waals surface area contributed by atoms with Crippen molar-refractivity contribution in [1.82, 2.24) is 10.3 Å². The highest BCUT2D eigenvalue weighted by Gasteiger charge is 2.19. The fraction of sp³-hybridized carbons (Fsp3) is 0.333. The number of amides is 1. The molecule has 1 aromatic heterocycles. The van der Waals surface area contributed by atoms with Crippen LogP contribution in [-0.2, 0) is 0 Å². The smallest absolute Gasteiger partial charge is 0.253 e. The number of hydrogen-bond acceptors (Lipinski definition) is 4. The van der Waals surface area contributed by atoms with Gasteiger partial charge in [-0.3, -0.25) is 4.79 Å². The second kappa shape index (κ2) is 5.71. The SMILES string of the molecule is Nc1ncc(C(=O)NC2CCCSC2)c2ccccc12. The van der Waals surface area contributed by atoms with Crippen molar-refractivity contribution >= 4 is 34.3 Å². The van der Waals surface area contributed by atoms with E-state index in [1.165, 1.54) is 5.75 Å². The number of benzene rings is 1. The Bertz CT molecular complexity index is 638. The van der Waals surface area contributed by atoms with Gasteiger partial charge in [-0.25, -0.2) is 4.98 Å². The zero-order valence-electron chi connectivity index (χ0n) is 11.1. The summed E-state index contributed by atoms with van der Waals surface area (Å²) < 4.78 is 0. The van der Waals surface area contributed by atoms with Crippen LogP contribution in [0.3, 0.4) is 0 Å². The van der Waals surface area contributed by atoms with E-state index in [9.17, 15) is 4.79 Å². The van der Waals surface area contributed by atoms with Gasteiger partial charge < -0.3 is 11.1 Å². The van der Waals surface area contributed by atoms with E-state index < -0.39 is 0 Å². The molecule has 4 nitrogen and oxygen atoms in total. The Morgan fingerprint density at radius 2 is 2.15 bits per heavy atom. The van der Waals surface area contributed by atoms with Crippen LogP contribution in [-0.4, -0.2) is 28.4 Å². The van der Waals surface area contributed by atoms with Gasteiger partial charge in [-0.15, -0.1) is 0 Å². The number of rotatable bonds is 2. The number of carbonyl (C=O) groups is 1. The molecule has 0 aliphatic carbocycles. The van der Waals surface area contributed by atoms with Crippen LogP contribution in [0.4, 0.5) is 5.82 Å². The molecule has 2 heterocycles. The van der Waals surface area contributed by atoms with Crippen LogP contribution in [0.15, 0.2) is 30.5 Å². The lowest BCUT2D eigenvalue weighted by molar-refractivity contribution is 0.0940. The van der Waals surface area contributed by atoms with E-state index in [1.54, 1.807) is 6.20 Å². The molecule has 3 N–H and O–H groups in total. The van der Waals surface area contributed by atoms with Crippen LogP contribution in [0, 0.1) is 0 Å². The lowest BCUT2D eigenvalue weighted by Gasteiger charge is -2.22. The van der Waals surface area contributed by atoms with Gasteiger partial charge in [0.2, 0.25) is 0 Å². The third-order valence-corrected chi connectivity index (χ3v) is 4.78. The summed E-state index contributed by atoms with van der Waals surface area (Å²) in [4.78, 5) is 16.6. The maximum absolute atomic E-state index is 12.4. The van der Waals surface area contributed by atoms with Crippen molar-refractivity contribution in [2.45, 2.75) is 18.9 Å². The van der Waals surface area contributed by atoms with Crippen molar-refractivity contribution in [2.75, 3.05) is 17.2 Å². The lowest BCUT2D eigenvalue weighted by Crippen LogP contribution is -2.38. The van der Waals surface area contributed by atoms with E-state index >= 15 is 0 Å². The molecule has 1 unspecified atom stereocenters. The minimum absolute atomic E-state index is 0.0544. The zero-order chi connectivity index (χ0) is 13.9. The number of pyridine rings is 1. The molecule has 104 valence electrons. The number of anilines is 1. The van der Waals surface area contributed by atoms with Crippen molar-refractivity contribution in [3.8, 4) is 0 Å². The fourth-order valence-corrected chi connectivity index (χ4v) is 3.59. The van der Waals surface area contributed by atoms with Gasteiger partial charge in [0.25, 0.3) is 5.91 Å². The fourth-order valence-electron chi connectivity index (χ4n) is 2.51. The predicted octanol–water partition coefficient (Wildman–Crippen LogP) is 2.44. The molecule has 0 radical (unpaired) electrons. The van der Waals surface area contributed by atoms with Gasteiger partial charge in [-0.2, -0.15) is 11.8 Å². The highest BCUT2D eigenvalue weighted by atomic mass is 32.2. The van der Waals surface area contributed by atoms with Gasteiger partial charge in [-0.05, 0) is 24.0 Å². The minimum atomic E-state index is -0.0544. The monoisotopic (exact) mass is 287 g/mol. The van der Waals surface area contributed by atoms with E-state index in [1.807, 2.05) is 36.0 Å². The number of hydrogen-bond donors (Lipinski definition) is 2. The molecule has 1 amide bonds. The van der Waals surface area contributed by atoms with Gasteiger partial charge in [0.05, 0.1) is 5.56 Å². The summed E-state index contributed by atoms with van der Waals surface area (Å²) in [5, 5.41) is 4.80. The third kappa shape index (κ3) is 2.58. The minimum Gasteiger partial charge on any atom is -0.383 e. The van der Waals surface area contributed by atoms with Gasteiger partial charge in [0, 0.05) is 23.4 Å². The molecule has 5 heteroatoms. The Balaban J connectivity index is 1.89. The Morgan fingerprint density at radius 1 is 1.35 bits per heavy atom. The number of carbonyl (C=O) groups excluding carboxylic acids is 1. The standard InChI is InChI=1S/C15H17N3OS/c16-14-12-6-2-1-5-11(12)13(8-17-14)15(19)18-10-4-3-7-20-9-10/h1-2,5-6,8,10H,3-4,7,9H2,(H2,16,17)(H,18,19). The first-order valence-corrected chi connectivity index (χ1v) is 7.93.